The third-order valence-corrected chi connectivity index (χ3v) is 3.12. The molecule has 2 aromatic rings. The monoisotopic (exact) mass is 261 g/mol. The van der Waals surface area contributed by atoms with Gasteiger partial charge in [0.05, 0.1) is 11.3 Å². The van der Waals surface area contributed by atoms with Crippen molar-refractivity contribution in [2.75, 3.05) is 0 Å². The standard InChI is InChI=1S/C8H5BrFNOS/c9-8-11-7-5(10)1-4(3-12)2-6(7)13-8/h1-2,12H,3H2. The van der Waals surface area contributed by atoms with Crippen molar-refractivity contribution in [2.45, 2.75) is 6.61 Å². The van der Waals surface area contributed by atoms with Crippen LogP contribution in [0.4, 0.5) is 4.39 Å². The Balaban J connectivity index is 2.75. The summed E-state index contributed by atoms with van der Waals surface area (Å²) in [6.07, 6.45) is 0. The quantitative estimate of drug-likeness (QED) is 0.857. The molecule has 0 spiro atoms. The molecule has 5 heteroatoms. The van der Waals surface area contributed by atoms with E-state index in [2.05, 4.69) is 20.9 Å². The average molecular weight is 262 g/mol. The van der Waals surface area contributed by atoms with Gasteiger partial charge in [-0.25, -0.2) is 9.37 Å². The molecule has 2 rings (SSSR count). The van der Waals surface area contributed by atoms with E-state index in [0.29, 0.717) is 15.0 Å². The number of benzene rings is 1. The predicted molar refractivity (Wildman–Crippen MR) is 53.2 cm³/mol. The zero-order valence-electron chi connectivity index (χ0n) is 6.42. The van der Waals surface area contributed by atoms with Crippen molar-refractivity contribution < 1.29 is 9.50 Å². The number of aromatic nitrogens is 1. The van der Waals surface area contributed by atoms with Gasteiger partial charge in [-0.1, -0.05) is 0 Å². The smallest absolute Gasteiger partial charge is 0.160 e. The van der Waals surface area contributed by atoms with E-state index >= 15 is 0 Å². The van der Waals surface area contributed by atoms with Crippen LogP contribution in [0.15, 0.2) is 16.0 Å². The highest BCUT2D eigenvalue weighted by molar-refractivity contribution is 9.11. The molecule has 1 heterocycles. The molecule has 2 nitrogen and oxygen atoms in total. The molecule has 0 radical (unpaired) electrons. The highest BCUT2D eigenvalue weighted by Gasteiger charge is 2.08. The maximum absolute atomic E-state index is 13.3. The first-order valence-electron chi connectivity index (χ1n) is 3.56. The molecule has 0 bridgehead atoms. The van der Waals surface area contributed by atoms with Crippen molar-refractivity contribution in [2.24, 2.45) is 0 Å². The first kappa shape index (κ1) is 9.05. The molecule has 13 heavy (non-hydrogen) atoms. The lowest BCUT2D eigenvalue weighted by Crippen LogP contribution is -1.85. The summed E-state index contributed by atoms with van der Waals surface area (Å²) in [5, 5.41) is 8.83. The van der Waals surface area contributed by atoms with Gasteiger partial charge in [0.25, 0.3) is 0 Å². The number of fused-ring (bicyclic) bond motifs is 1. The van der Waals surface area contributed by atoms with Crippen LogP contribution in [0.25, 0.3) is 10.2 Å². The summed E-state index contributed by atoms with van der Waals surface area (Å²) in [6, 6.07) is 3.04. The Morgan fingerprint density at radius 3 is 3.00 bits per heavy atom. The molecule has 0 aliphatic carbocycles. The number of hydrogen-bond donors (Lipinski definition) is 1. The fourth-order valence-corrected chi connectivity index (χ4v) is 2.58. The van der Waals surface area contributed by atoms with Crippen LogP contribution in [-0.2, 0) is 6.61 Å². The largest absolute Gasteiger partial charge is 0.392 e. The van der Waals surface area contributed by atoms with Crippen molar-refractivity contribution in [3.63, 3.8) is 0 Å². The van der Waals surface area contributed by atoms with Crippen molar-refractivity contribution in [3.05, 3.63) is 27.4 Å². The van der Waals surface area contributed by atoms with E-state index < -0.39 is 0 Å². The fourth-order valence-electron chi connectivity index (χ4n) is 1.11. The lowest BCUT2D eigenvalue weighted by molar-refractivity contribution is 0.281. The maximum Gasteiger partial charge on any atom is 0.160 e. The number of hydrogen-bond acceptors (Lipinski definition) is 3. The molecule has 0 atom stereocenters. The molecule has 0 unspecified atom stereocenters. The highest BCUT2D eigenvalue weighted by atomic mass is 79.9. The number of aliphatic hydroxyl groups is 1. The van der Waals surface area contributed by atoms with E-state index in [4.69, 9.17) is 5.11 Å². The summed E-state index contributed by atoms with van der Waals surface area (Å²) in [4.78, 5) is 3.97. The van der Waals surface area contributed by atoms with Gasteiger partial charge in [0.1, 0.15) is 5.52 Å². The average Bonchev–Trinajstić information content (AvgIpc) is 2.46. The lowest BCUT2D eigenvalue weighted by Gasteiger charge is -1.95. The van der Waals surface area contributed by atoms with Crippen LogP contribution in [0, 0.1) is 5.82 Å². The number of nitrogens with zero attached hydrogens (tertiary/aromatic N) is 1. The normalized spacial score (nSPS) is 11.0. The van der Waals surface area contributed by atoms with Crippen LogP contribution < -0.4 is 0 Å². The summed E-state index contributed by atoms with van der Waals surface area (Å²) in [6.45, 7) is -0.150. The van der Waals surface area contributed by atoms with Gasteiger partial charge in [-0.05, 0) is 33.6 Å². The molecule has 0 aliphatic heterocycles. The molecule has 0 saturated carbocycles. The Morgan fingerprint density at radius 2 is 2.31 bits per heavy atom. The van der Waals surface area contributed by atoms with Crippen molar-refractivity contribution in [1.29, 1.82) is 0 Å². The topological polar surface area (TPSA) is 33.1 Å². The number of thiazole rings is 1. The van der Waals surface area contributed by atoms with Crippen LogP contribution in [0.3, 0.4) is 0 Å². The van der Waals surface area contributed by atoms with Gasteiger partial charge in [-0.3, -0.25) is 0 Å². The summed E-state index contributed by atoms with van der Waals surface area (Å²) in [5.41, 5.74) is 0.926. The molecule has 0 fully saturated rings. The first-order chi connectivity index (χ1) is 6.20. The third-order valence-electron chi connectivity index (χ3n) is 1.66. The second-order valence-electron chi connectivity index (χ2n) is 2.55. The second-order valence-corrected chi connectivity index (χ2v) is 4.86. The third kappa shape index (κ3) is 1.59. The van der Waals surface area contributed by atoms with Crippen molar-refractivity contribution in [3.8, 4) is 0 Å². The second kappa shape index (κ2) is 3.32. The van der Waals surface area contributed by atoms with Gasteiger partial charge in [0.2, 0.25) is 0 Å². The Kier molecular flexibility index (Phi) is 2.31. The number of halogens is 2. The Bertz CT molecular complexity index is 457. The van der Waals surface area contributed by atoms with Crippen LogP contribution in [0.5, 0.6) is 0 Å². The molecule has 68 valence electrons. The zero-order valence-corrected chi connectivity index (χ0v) is 8.82. The zero-order chi connectivity index (χ0) is 9.42. The Hall–Kier alpha value is -0.520. The Labute approximate surface area is 86.2 Å². The maximum atomic E-state index is 13.3. The van der Waals surface area contributed by atoms with E-state index in [-0.39, 0.29) is 12.4 Å². The van der Waals surface area contributed by atoms with E-state index in [9.17, 15) is 4.39 Å². The molecule has 1 aromatic carbocycles. The van der Waals surface area contributed by atoms with Crippen LogP contribution in [-0.4, -0.2) is 10.1 Å². The van der Waals surface area contributed by atoms with Crippen LogP contribution >= 0.6 is 27.3 Å². The fraction of sp³-hybridized carbons (Fsp3) is 0.125. The molecule has 0 saturated heterocycles. The van der Waals surface area contributed by atoms with E-state index in [1.165, 1.54) is 17.4 Å². The predicted octanol–water partition coefficient (Wildman–Crippen LogP) is 2.69. The van der Waals surface area contributed by atoms with E-state index in [1.807, 2.05) is 0 Å². The summed E-state index contributed by atoms with van der Waals surface area (Å²) >= 11 is 4.53. The first-order valence-corrected chi connectivity index (χ1v) is 5.17. The van der Waals surface area contributed by atoms with Gasteiger partial charge in [-0.2, -0.15) is 0 Å². The van der Waals surface area contributed by atoms with Crippen LogP contribution in [0.1, 0.15) is 5.56 Å². The Morgan fingerprint density at radius 1 is 1.54 bits per heavy atom. The molecular weight excluding hydrogens is 257 g/mol. The molecule has 1 N–H and O–H groups in total. The van der Waals surface area contributed by atoms with E-state index in [0.717, 1.165) is 4.70 Å². The molecule has 0 amide bonds. The van der Waals surface area contributed by atoms with E-state index in [1.54, 1.807) is 6.07 Å². The van der Waals surface area contributed by atoms with Crippen molar-refractivity contribution >= 4 is 37.5 Å². The lowest BCUT2D eigenvalue weighted by atomic mass is 10.2. The minimum Gasteiger partial charge on any atom is -0.392 e. The van der Waals surface area contributed by atoms with Crippen molar-refractivity contribution in [1.82, 2.24) is 4.98 Å². The van der Waals surface area contributed by atoms with Gasteiger partial charge in [-0.15, -0.1) is 11.3 Å². The highest BCUT2D eigenvalue weighted by Crippen LogP contribution is 2.28. The minimum absolute atomic E-state index is 0.150. The molecular formula is C8H5BrFNOS. The number of rotatable bonds is 1. The van der Waals surface area contributed by atoms with Gasteiger partial charge < -0.3 is 5.11 Å². The summed E-state index contributed by atoms with van der Waals surface area (Å²) in [5.74, 6) is -0.386. The SMILES string of the molecule is OCc1cc(F)c2nc(Br)sc2c1. The summed E-state index contributed by atoms with van der Waals surface area (Å²) in [7, 11) is 0. The minimum atomic E-state index is -0.386. The summed E-state index contributed by atoms with van der Waals surface area (Å²) < 4.78 is 14.7. The number of aliphatic hydroxyl groups excluding tert-OH is 1. The van der Waals surface area contributed by atoms with Crippen LogP contribution in [0.2, 0.25) is 0 Å². The molecule has 1 aromatic heterocycles. The van der Waals surface area contributed by atoms with Gasteiger partial charge in [0, 0.05) is 0 Å². The van der Waals surface area contributed by atoms with Gasteiger partial charge >= 0.3 is 0 Å². The van der Waals surface area contributed by atoms with Gasteiger partial charge in [0.15, 0.2) is 9.73 Å². The molecule has 0 aliphatic rings.